The van der Waals surface area contributed by atoms with E-state index in [1.165, 1.54) is 0 Å². The Morgan fingerprint density at radius 1 is 0.973 bits per heavy atom. The summed E-state index contributed by atoms with van der Waals surface area (Å²) in [5.41, 5.74) is 2.56. The van der Waals surface area contributed by atoms with Gasteiger partial charge >= 0.3 is 11.9 Å². The van der Waals surface area contributed by atoms with Crippen LogP contribution in [0.25, 0.3) is 16.4 Å². The molecule has 2 aromatic heterocycles. The van der Waals surface area contributed by atoms with Gasteiger partial charge in [-0.2, -0.15) is 0 Å². The molecule has 0 N–H and O–H groups in total. The van der Waals surface area contributed by atoms with Crippen LogP contribution in [0.2, 0.25) is 0 Å². The summed E-state index contributed by atoms with van der Waals surface area (Å²) in [6.45, 7) is 14.6. The molecule has 0 saturated carbocycles. The van der Waals surface area contributed by atoms with Crippen LogP contribution >= 0.6 is 0 Å². The number of amides is 3. The summed E-state index contributed by atoms with van der Waals surface area (Å²) in [4.78, 5) is 40.6. The Hall–Kier alpha value is -4.46. The van der Waals surface area contributed by atoms with Gasteiger partial charge in [0.2, 0.25) is 0 Å². The molecule has 11 nitrogen and oxygen atoms in total. The van der Waals surface area contributed by atoms with Crippen LogP contribution < -0.4 is 14.7 Å². The molecule has 190 valence electrons. The van der Waals surface area contributed by atoms with Crippen molar-refractivity contribution < 1.29 is 9.59 Å². The molecule has 0 atom stereocenters. The van der Waals surface area contributed by atoms with Crippen LogP contribution in [0, 0.1) is 6.57 Å². The fourth-order valence-corrected chi connectivity index (χ4v) is 4.72. The van der Waals surface area contributed by atoms with Gasteiger partial charge in [0.25, 0.3) is 6.54 Å². The van der Waals surface area contributed by atoms with Crippen molar-refractivity contribution in [2.24, 2.45) is 0 Å². The molecule has 0 radical (unpaired) electrons. The van der Waals surface area contributed by atoms with E-state index >= 15 is 0 Å². The molecule has 4 heterocycles. The zero-order valence-corrected chi connectivity index (χ0v) is 21.0. The van der Waals surface area contributed by atoms with Crippen LogP contribution in [0.15, 0.2) is 48.8 Å². The van der Waals surface area contributed by atoms with E-state index in [1.54, 1.807) is 21.0 Å². The minimum Gasteiger partial charge on any atom is -0.368 e. The van der Waals surface area contributed by atoms with Crippen molar-refractivity contribution in [1.82, 2.24) is 24.6 Å². The third kappa shape index (κ3) is 4.82. The zero-order valence-electron chi connectivity index (χ0n) is 21.0. The highest BCUT2D eigenvalue weighted by atomic mass is 16.2. The highest BCUT2D eigenvalue weighted by Crippen LogP contribution is 2.28. The molecular weight excluding hydrogens is 470 g/mol. The van der Waals surface area contributed by atoms with Gasteiger partial charge in [-0.15, -0.1) is 10.2 Å². The number of carbonyl (C=O) groups excluding carboxylic acids is 2. The first-order chi connectivity index (χ1) is 18.0. The van der Waals surface area contributed by atoms with E-state index in [-0.39, 0.29) is 24.5 Å². The Labute approximate surface area is 215 Å². The van der Waals surface area contributed by atoms with Crippen molar-refractivity contribution in [2.75, 3.05) is 60.5 Å². The minimum absolute atomic E-state index is 0.0883. The van der Waals surface area contributed by atoms with E-state index in [1.807, 2.05) is 47.0 Å². The average Bonchev–Trinajstić information content (AvgIpc) is 3.57. The maximum absolute atomic E-state index is 13.3. The van der Waals surface area contributed by atoms with E-state index in [0.29, 0.717) is 56.6 Å². The first-order valence-electron chi connectivity index (χ1n) is 12.4. The van der Waals surface area contributed by atoms with Crippen LogP contribution in [0.4, 0.5) is 22.0 Å². The molecule has 3 aromatic rings. The summed E-state index contributed by atoms with van der Waals surface area (Å²) in [6.07, 6.45) is 1.69. The quantitative estimate of drug-likeness (QED) is 0.484. The molecule has 37 heavy (non-hydrogen) atoms. The van der Waals surface area contributed by atoms with Gasteiger partial charge in [-0.25, -0.2) is 16.4 Å². The smallest absolute Gasteiger partial charge is 0.330 e. The summed E-state index contributed by atoms with van der Waals surface area (Å²) < 4.78 is 1.96. The molecule has 0 unspecified atom stereocenters. The maximum Gasteiger partial charge on any atom is 0.330 e. The summed E-state index contributed by atoms with van der Waals surface area (Å²) in [5.74, 6) is 1.15. The van der Waals surface area contributed by atoms with Gasteiger partial charge < -0.3 is 19.2 Å². The number of benzene rings is 1. The molecule has 0 bridgehead atoms. The second-order valence-corrected chi connectivity index (χ2v) is 9.32. The summed E-state index contributed by atoms with van der Waals surface area (Å²) in [7, 11) is 0. The molecular formula is C26H29N9O2. The number of pyridine rings is 1. The van der Waals surface area contributed by atoms with Crippen molar-refractivity contribution in [1.29, 1.82) is 0 Å². The van der Waals surface area contributed by atoms with Crippen molar-refractivity contribution >= 4 is 29.1 Å². The van der Waals surface area contributed by atoms with Gasteiger partial charge in [0.15, 0.2) is 5.82 Å². The van der Waals surface area contributed by atoms with Crippen LogP contribution in [-0.2, 0) is 4.79 Å². The Balaban J connectivity index is 1.25. The van der Waals surface area contributed by atoms with E-state index in [4.69, 9.17) is 11.6 Å². The Morgan fingerprint density at radius 2 is 1.68 bits per heavy atom. The number of anilines is 3. The lowest BCUT2D eigenvalue weighted by Gasteiger charge is -2.35. The monoisotopic (exact) mass is 499 g/mol. The molecule has 3 amide bonds. The predicted molar refractivity (Wildman–Crippen MR) is 140 cm³/mol. The summed E-state index contributed by atoms with van der Waals surface area (Å²) in [6, 6.07) is 13.6. The lowest BCUT2D eigenvalue weighted by atomic mass is 10.2. The molecule has 5 rings (SSSR count). The molecule has 2 saturated heterocycles. The molecule has 0 aliphatic carbocycles. The van der Waals surface area contributed by atoms with Crippen LogP contribution in [0.3, 0.4) is 0 Å². The van der Waals surface area contributed by atoms with Gasteiger partial charge in [-0.1, -0.05) is 6.07 Å². The molecule has 11 heteroatoms. The second kappa shape index (κ2) is 10.3. The number of nitrogens with zero attached hydrogens (tertiary/aromatic N) is 9. The standard InChI is InChI=1S/C26H29N9O2/c1-19(2)35-18-28-30-25(35)22-5-4-6-23(29-22)34-16-15-33(26(34)37)21-9-7-20(8-10-21)31-11-13-32(14-12-31)24(36)17-27-3/h4-10,18-19H,11-17H2,1-2H3. The van der Waals surface area contributed by atoms with Crippen LogP contribution in [0.1, 0.15) is 19.9 Å². The van der Waals surface area contributed by atoms with E-state index in [9.17, 15) is 9.59 Å². The number of piperazine rings is 1. The first-order valence-corrected chi connectivity index (χ1v) is 12.4. The fourth-order valence-electron chi connectivity index (χ4n) is 4.72. The third-order valence-corrected chi connectivity index (χ3v) is 6.75. The molecule has 2 aliphatic rings. The number of rotatable bonds is 6. The van der Waals surface area contributed by atoms with Crippen molar-refractivity contribution in [3.8, 4) is 11.5 Å². The number of hydrogen-bond donors (Lipinski definition) is 0. The summed E-state index contributed by atoms with van der Waals surface area (Å²) >= 11 is 0. The largest absolute Gasteiger partial charge is 0.368 e. The van der Waals surface area contributed by atoms with Crippen molar-refractivity contribution in [3.05, 3.63) is 60.2 Å². The fraction of sp³-hybridized carbons (Fsp3) is 0.385. The van der Waals surface area contributed by atoms with Crippen LogP contribution in [-0.4, -0.2) is 82.4 Å². The number of carbonyl (C=O) groups is 2. The Morgan fingerprint density at radius 3 is 2.38 bits per heavy atom. The van der Waals surface area contributed by atoms with Crippen molar-refractivity contribution in [3.63, 3.8) is 0 Å². The van der Waals surface area contributed by atoms with E-state index in [0.717, 1.165) is 11.4 Å². The first kappa shape index (κ1) is 24.2. The number of hydrogen-bond acceptors (Lipinski definition) is 6. The molecule has 0 spiro atoms. The predicted octanol–water partition coefficient (Wildman–Crippen LogP) is 2.94. The molecule has 1 aromatic carbocycles. The number of urea groups is 1. The SMILES string of the molecule is [C-]#[N+]CC(=O)N1CCN(c2ccc(N3CCN(c4cccc(-c5nncn5C(C)C)n4)C3=O)cc2)CC1. The maximum atomic E-state index is 13.3. The molecule has 2 fully saturated rings. The average molecular weight is 500 g/mol. The van der Waals surface area contributed by atoms with E-state index < -0.39 is 0 Å². The topological polar surface area (TPSA) is 95.1 Å². The van der Waals surface area contributed by atoms with Gasteiger partial charge in [-0.05, 0) is 50.2 Å². The second-order valence-electron chi connectivity index (χ2n) is 9.32. The van der Waals surface area contributed by atoms with Gasteiger partial charge in [0, 0.05) is 56.7 Å². The van der Waals surface area contributed by atoms with Gasteiger partial charge in [0.05, 0.1) is 0 Å². The van der Waals surface area contributed by atoms with Gasteiger partial charge in [0.1, 0.15) is 17.8 Å². The highest BCUT2D eigenvalue weighted by Gasteiger charge is 2.32. The highest BCUT2D eigenvalue weighted by molar-refractivity contribution is 6.05. The van der Waals surface area contributed by atoms with E-state index in [2.05, 4.69) is 33.8 Å². The zero-order chi connectivity index (χ0) is 25.9. The molecule has 2 aliphatic heterocycles. The summed E-state index contributed by atoms with van der Waals surface area (Å²) in [5, 5.41) is 8.25. The Kier molecular flexibility index (Phi) is 6.72. The van der Waals surface area contributed by atoms with Crippen LogP contribution in [0.5, 0.6) is 0 Å². The lowest BCUT2D eigenvalue weighted by molar-refractivity contribution is -0.129. The lowest BCUT2D eigenvalue weighted by Crippen LogP contribution is -2.49. The Bertz CT molecular complexity index is 1320. The minimum atomic E-state index is -0.116. The van der Waals surface area contributed by atoms with Gasteiger partial charge in [-0.3, -0.25) is 14.6 Å². The normalized spacial score (nSPS) is 16.0. The number of aromatic nitrogens is 4. The van der Waals surface area contributed by atoms with Crippen molar-refractivity contribution in [2.45, 2.75) is 19.9 Å². The third-order valence-electron chi connectivity index (χ3n) is 6.75.